The van der Waals surface area contributed by atoms with E-state index >= 15 is 0 Å². The molecule has 1 heterocycles. The van der Waals surface area contributed by atoms with E-state index in [0.717, 1.165) is 60.0 Å². The van der Waals surface area contributed by atoms with Gasteiger partial charge >= 0.3 is 7.12 Å². The molecule has 0 radical (unpaired) electrons. The molecule has 1 saturated heterocycles. The SMILES string of the molecule is Cc1c(Cl)cc(-c2ccc(F)cc2)cc1Cl.Cc1c(Cl)cc(B2OC(C)(C)C(C)(C)O2)cc1Cl.Cc1c(Cl)cccc1Cl.Fc1ccc(-c2cc(Cl)c(CBr)c(Cl)c2)cc1. The number of hydrogen-bond acceptors (Lipinski definition) is 2. The van der Waals surface area contributed by atoms with Gasteiger partial charge in [-0.15, -0.1) is 0 Å². The van der Waals surface area contributed by atoms with E-state index < -0.39 is 7.12 Å². The Morgan fingerprint density at radius 1 is 0.467 bits per heavy atom. The highest BCUT2D eigenvalue weighted by Gasteiger charge is 2.51. The van der Waals surface area contributed by atoms with E-state index in [0.29, 0.717) is 35.5 Å². The van der Waals surface area contributed by atoms with Crippen LogP contribution in [0.1, 0.15) is 49.9 Å². The average molecular weight is 1040 g/mol. The lowest BCUT2D eigenvalue weighted by Gasteiger charge is -2.32. The number of alkyl halides is 1. The molecule has 0 saturated carbocycles. The first-order valence-corrected chi connectivity index (χ1v) is 22.4. The Kier molecular flexibility index (Phi) is 18.6. The van der Waals surface area contributed by atoms with Gasteiger partial charge in [-0.25, -0.2) is 8.78 Å². The van der Waals surface area contributed by atoms with Gasteiger partial charge in [0.05, 0.1) is 11.2 Å². The van der Waals surface area contributed by atoms with Crippen molar-refractivity contribution in [3.63, 3.8) is 0 Å². The first-order chi connectivity index (χ1) is 28.0. The second kappa shape index (κ2) is 22.0. The van der Waals surface area contributed by atoms with Gasteiger partial charge in [-0.05, 0) is 171 Å². The van der Waals surface area contributed by atoms with Crippen LogP contribution < -0.4 is 5.46 Å². The normalized spacial score (nSPS) is 13.7. The van der Waals surface area contributed by atoms with Crippen molar-refractivity contribution in [2.75, 3.05) is 0 Å². The summed E-state index contributed by atoms with van der Waals surface area (Å²) in [6.07, 6.45) is 0. The van der Waals surface area contributed by atoms with Gasteiger partial charge < -0.3 is 9.31 Å². The molecular weight excluding hydrogens is 997 g/mol. The molecule has 0 unspecified atom stereocenters. The molecule has 2 nitrogen and oxygen atoms in total. The van der Waals surface area contributed by atoms with Crippen LogP contribution in [-0.2, 0) is 14.6 Å². The van der Waals surface area contributed by atoms with E-state index in [1.165, 1.54) is 24.3 Å². The summed E-state index contributed by atoms with van der Waals surface area (Å²) in [5.41, 5.74) is 7.22. The molecule has 6 aromatic rings. The summed E-state index contributed by atoms with van der Waals surface area (Å²) in [6, 6.07) is 29.0. The smallest absolute Gasteiger partial charge is 0.399 e. The molecule has 1 aliphatic heterocycles. The van der Waals surface area contributed by atoms with Crippen molar-refractivity contribution < 1.29 is 18.1 Å². The predicted molar refractivity (Wildman–Crippen MR) is 259 cm³/mol. The Labute approximate surface area is 400 Å². The highest BCUT2D eigenvalue weighted by molar-refractivity contribution is 9.08. The summed E-state index contributed by atoms with van der Waals surface area (Å²) in [4.78, 5) is 0. The summed E-state index contributed by atoms with van der Waals surface area (Å²) in [5.74, 6) is -0.518. The van der Waals surface area contributed by atoms with Crippen LogP contribution in [0.25, 0.3) is 22.3 Å². The maximum atomic E-state index is 12.8. The van der Waals surface area contributed by atoms with Gasteiger partial charge in [0.1, 0.15) is 11.6 Å². The Morgan fingerprint density at radius 2 is 0.783 bits per heavy atom. The van der Waals surface area contributed by atoms with E-state index in [4.69, 9.17) is 102 Å². The molecule has 0 spiro atoms. The fourth-order valence-corrected chi connectivity index (χ4v) is 8.29. The predicted octanol–water partition coefficient (Wildman–Crippen LogP) is 17.7. The van der Waals surface area contributed by atoms with Crippen LogP contribution in [0.5, 0.6) is 0 Å². The van der Waals surface area contributed by atoms with E-state index in [2.05, 4.69) is 15.9 Å². The van der Waals surface area contributed by atoms with Gasteiger partial charge in [-0.1, -0.05) is 139 Å². The molecule has 6 aromatic carbocycles. The fraction of sp³-hybridized carbons (Fsp3) is 0.217. The number of hydrogen-bond donors (Lipinski definition) is 0. The van der Waals surface area contributed by atoms with E-state index in [-0.39, 0.29) is 22.8 Å². The third-order valence-electron chi connectivity index (χ3n) is 9.94. The molecule has 14 heteroatoms. The Balaban J connectivity index is 0.000000181. The third kappa shape index (κ3) is 13.2. The molecule has 1 fully saturated rings. The van der Waals surface area contributed by atoms with Crippen LogP contribution >= 0.6 is 109 Å². The van der Waals surface area contributed by atoms with Gasteiger partial charge in [-0.3, -0.25) is 0 Å². The second-order valence-electron chi connectivity index (χ2n) is 14.7. The molecular formula is C46H40BBrCl8F2O2. The standard InChI is InChI=1S/C13H17BCl2O2.C13H8BrCl2F.C13H9Cl2F.C7H6Cl2/c1-8-10(15)6-9(7-11(8)16)14-17-12(2,3)13(4,5)18-14;14-7-11-12(15)5-9(6-13(11)16)8-1-3-10(17)4-2-8;1-8-12(14)6-10(7-13(8)15)9-2-4-11(16)5-3-9;1-5-6(8)3-2-4-7(5)9/h6-7H,1-5H3;1-6H,7H2;2-7H,1H3;2-4H,1H3. The summed E-state index contributed by atoms with van der Waals surface area (Å²) in [7, 11) is -0.425. The maximum absolute atomic E-state index is 12.8. The molecule has 0 aliphatic carbocycles. The van der Waals surface area contributed by atoms with Gasteiger partial charge in [0.2, 0.25) is 0 Å². The van der Waals surface area contributed by atoms with Crippen molar-refractivity contribution in [3.05, 3.63) is 177 Å². The molecule has 0 atom stereocenters. The van der Waals surface area contributed by atoms with Crippen LogP contribution in [-0.4, -0.2) is 18.3 Å². The average Bonchev–Trinajstić information content (AvgIpc) is 3.41. The Morgan fingerprint density at radius 3 is 1.12 bits per heavy atom. The van der Waals surface area contributed by atoms with E-state index in [9.17, 15) is 8.78 Å². The zero-order valence-electron chi connectivity index (χ0n) is 33.6. The molecule has 60 heavy (non-hydrogen) atoms. The zero-order chi connectivity index (χ0) is 44.7. The van der Waals surface area contributed by atoms with Crippen LogP contribution in [0.15, 0.2) is 103 Å². The fourth-order valence-electron chi connectivity index (χ4n) is 5.36. The largest absolute Gasteiger partial charge is 0.494 e. The number of rotatable bonds is 4. The highest BCUT2D eigenvalue weighted by Crippen LogP contribution is 2.38. The minimum Gasteiger partial charge on any atom is -0.399 e. The highest BCUT2D eigenvalue weighted by atomic mass is 79.9. The van der Waals surface area contributed by atoms with Crippen molar-refractivity contribution in [2.45, 2.75) is 65.0 Å². The van der Waals surface area contributed by atoms with Crippen LogP contribution in [0, 0.1) is 32.4 Å². The van der Waals surface area contributed by atoms with Gasteiger partial charge in [0, 0.05) is 45.5 Å². The first-order valence-electron chi connectivity index (χ1n) is 18.3. The first kappa shape index (κ1) is 50.6. The number of halogens is 11. The molecule has 0 aromatic heterocycles. The van der Waals surface area contributed by atoms with Crippen LogP contribution in [0.4, 0.5) is 8.78 Å². The van der Waals surface area contributed by atoms with E-state index in [1.54, 1.807) is 24.3 Å². The van der Waals surface area contributed by atoms with Crippen LogP contribution in [0.3, 0.4) is 0 Å². The quantitative estimate of drug-likeness (QED) is 0.129. The Hall–Kier alpha value is -2.04. The van der Waals surface area contributed by atoms with Crippen molar-refractivity contribution in [1.82, 2.24) is 0 Å². The Bertz CT molecular complexity index is 2330. The maximum Gasteiger partial charge on any atom is 0.494 e. The molecule has 316 valence electrons. The van der Waals surface area contributed by atoms with Gasteiger partial charge in [0.25, 0.3) is 0 Å². The van der Waals surface area contributed by atoms with Crippen molar-refractivity contribution in [2.24, 2.45) is 0 Å². The summed E-state index contributed by atoms with van der Waals surface area (Å²) >= 11 is 51.4. The molecule has 1 aliphatic rings. The summed E-state index contributed by atoms with van der Waals surface area (Å²) in [6.45, 7) is 13.7. The number of benzene rings is 6. The van der Waals surface area contributed by atoms with E-state index in [1.807, 2.05) is 103 Å². The monoisotopic (exact) mass is 1030 g/mol. The summed E-state index contributed by atoms with van der Waals surface area (Å²) in [5, 5.41) is 5.76. The van der Waals surface area contributed by atoms with Crippen LogP contribution in [0.2, 0.25) is 40.2 Å². The molecule has 7 rings (SSSR count). The molecule has 0 amide bonds. The lowest BCUT2D eigenvalue weighted by atomic mass is 9.79. The molecule has 0 N–H and O–H groups in total. The molecule has 0 bridgehead atoms. The minimum atomic E-state index is -0.425. The van der Waals surface area contributed by atoms with Crippen molar-refractivity contribution in [1.29, 1.82) is 0 Å². The zero-order valence-corrected chi connectivity index (χ0v) is 41.2. The summed E-state index contributed by atoms with van der Waals surface area (Å²) < 4.78 is 37.5. The third-order valence-corrected chi connectivity index (χ3v) is 13.6. The van der Waals surface area contributed by atoms with Gasteiger partial charge in [-0.2, -0.15) is 0 Å². The lowest BCUT2D eigenvalue weighted by Crippen LogP contribution is -2.41. The minimum absolute atomic E-state index is 0.256. The van der Waals surface area contributed by atoms with Gasteiger partial charge in [0.15, 0.2) is 0 Å². The van der Waals surface area contributed by atoms with Crippen molar-refractivity contribution in [3.8, 4) is 22.3 Å². The second-order valence-corrected chi connectivity index (χ2v) is 18.5. The van der Waals surface area contributed by atoms with Crippen molar-refractivity contribution >= 4 is 121 Å². The lowest BCUT2D eigenvalue weighted by molar-refractivity contribution is 0.00578. The topological polar surface area (TPSA) is 18.5 Å².